The number of piperazine rings is 1. The zero-order valence-electron chi connectivity index (χ0n) is 15.9. The Morgan fingerprint density at radius 2 is 1.52 bits per heavy atom. The molecule has 1 aromatic rings. The number of hydrogen-bond donors (Lipinski definition) is 0. The molecule has 0 spiro atoms. The smallest absolute Gasteiger partial charge is 0.260 e. The van der Waals surface area contributed by atoms with Crippen molar-refractivity contribution >= 4 is 23.4 Å². The van der Waals surface area contributed by atoms with Crippen molar-refractivity contribution < 1.29 is 14.3 Å². The van der Waals surface area contributed by atoms with Gasteiger partial charge in [0.1, 0.15) is 5.75 Å². The van der Waals surface area contributed by atoms with Gasteiger partial charge in [0.15, 0.2) is 6.61 Å². The standard InChI is InChI=1S/C21H29ClN2O3/c22-18-7-9-19(10-8-18)27-16-21(26)24-14-12-23(13-15-24)20(25)11-6-17-4-2-1-3-5-17/h7-10,17H,1-6,11-16H2. The lowest BCUT2D eigenvalue weighted by atomic mass is 9.86. The number of nitrogens with zero attached hydrogens (tertiary/aromatic N) is 2. The molecule has 1 saturated carbocycles. The van der Waals surface area contributed by atoms with Crippen molar-refractivity contribution in [2.75, 3.05) is 32.8 Å². The van der Waals surface area contributed by atoms with Gasteiger partial charge in [-0.25, -0.2) is 0 Å². The Morgan fingerprint density at radius 3 is 2.15 bits per heavy atom. The Balaban J connectivity index is 1.35. The molecular weight excluding hydrogens is 364 g/mol. The van der Waals surface area contributed by atoms with E-state index in [9.17, 15) is 9.59 Å². The summed E-state index contributed by atoms with van der Waals surface area (Å²) >= 11 is 5.84. The van der Waals surface area contributed by atoms with Crippen LogP contribution in [-0.4, -0.2) is 54.4 Å². The van der Waals surface area contributed by atoms with Crippen molar-refractivity contribution in [1.82, 2.24) is 9.80 Å². The number of ether oxygens (including phenoxy) is 1. The SMILES string of the molecule is O=C(CCC1CCCCC1)N1CCN(C(=O)COc2ccc(Cl)cc2)CC1. The summed E-state index contributed by atoms with van der Waals surface area (Å²) in [5.74, 6) is 1.56. The zero-order chi connectivity index (χ0) is 19.1. The highest BCUT2D eigenvalue weighted by atomic mass is 35.5. The fourth-order valence-electron chi connectivity index (χ4n) is 3.93. The average molecular weight is 393 g/mol. The molecule has 2 fully saturated rings. The Morgan fingerprint density at radius 1 is 0.926 bits per heavy atom. The summed E-state index contributed by atoms with van der Waals surface area (Å²) in [6.07, 6.45) is 8.22. The van der Waals surface area contributed by atoms with Crippen LogP contribution >= 0.6 is 11.6 Å². The molecule has 1 aliphatic heterocycles. The highest BCUT2D eigenvalue weighted by molar-refractivity contribution is 6.30. The van der Waals surface area contributed by atoms with Crippen LogP contribution in [0.4, 0.5) is 0 Å². The molecule has 0 unspecified atom stereocenters. The Hall–Kier alpha value is -1.75. The quantitative estimate of drug-likeness (QED) is 0.740. The molecule has 1 heterocycles. The molecule has 3 rings (SSSR count). The minimum absolute atomic E-state index is 0.0112. The highest BCUT2D eigenvalue weighted by Crippen LogP contribution is 2.27. The molecular formula is C21H29ClN2O3. The molecule has 0 radical (unpaired) electrons. The molecule has 0 atom stereocenters. The topological polar surface area (TPSA) is 49.9 Å². The van der Waals surface area contributed by atoms with Crippen LogP contribution in [0.5, 0.6) is 5.75 Å². The first kappa shape index (κ1) is 20.0. The second kappa shape index (κ2) is 9.98. The monoisotopic (exact) mass is 392 g/mol. The summed E-state index contributed by atoms with van der Waals surface area (Å²) < 4.78 is 5.53. The van der Waals surface area contributed by atoms with Gasteiger partial charge in [0.05, 0.1) is 0 Å². The van der Waals surface area contributed by atoms with E-state index >= 15 is 0 Å². The third kappa shape index (κ3) is 6.13. The zero-order valence-corrected chi connectivity index (χ0v) is 16.6. The molecule has 2 aliphatic rings. The Bertz CT molecular complexity index is 621. The van der Waals surface area contributed by atoms with E-state index in [1.54, 1.807) is 29.2 Å². The summed E-state index contributed by atoms with van der Waals surface area (Å²) in [4.78, 5) is 28.4. The lowest BCUT2D eigenvalue weighted by Crippen LogP contribution is -2.51. The maximum Gasteiger partial charge on any atom is 0.260 e. The number of benzene rings is 1. The lowest BCUT2D eigenvalue weighted by Gasteiger charge is -2.35. The molecule has 0 bridgehead atoms. The lowest BCUT2D eigenvalue weighted by molar-refractivity contribution is -0.140. The normalized spacial score (nSPS) is 18.4. The second-order valence-electron chi connectivity index (χ2n) is 7.55. The van der Waals surface area contributed by atoms with Crippen LogP contribution in [0.15, 0.2) is 24.3 Å². The van der Waals surface area contributed by atoms with E-state index < -0.39 is 0 Å². The Kier molecular flexibility index (Phi) is 7.39. The van der Waals surface area contributed by atoms with Gasteiger partial charge in [-0.05, 0) is 36.6 Å². The maximum absolute atomic E-state index is 12.4. The van der Waals surface area contributed by atoms with E-state index in [1.807, 2.05) is 4.90 Å². The molecule has 1 aliphatic carbocycles. The van der Waals surface area contributed by atoms with E-state index in [0.29, 0.717) is 43.4 Å². The van der Waals surface area contributed by atoms with E-state index in [2.05, 4.69) is 0 Å². The van der Waals surface area contributed by atoms with Crippen molar-refractivity contribution in [1.29, 1.82) is 0 Å². The number of rotatable bonds is 6. The van der Waals surface area contributed by atoms with Gasteiger partial charge in [-0.3, -0.25) is 9.59 Å². The Labute approximate surface area is 166 Å². The first-order valence-corrected chi connectivity index (χ1v) is 10.4. The number of carbonyl (C=O) groups excluding carboxylic acids is 2. The molecule has 148 valence electrons. The molecule has 6 heteroatoms. The number of amides is 2. The van der Waals surface area contributed by atoms with Gasteiger partial charge >= 0.3 is 0 Å². The maximum atomic E-state index is 12.4. The highest BCUT2D eigenvalue weighted by Gasteiger charge is 2.25. The van der Waals surface area contributed by atoms with Crippen molar-refractivity contribution in [3.63, 3.8) is 0 Å². The molecule has 0 aromatic heterocycles. The van der Waals surface area contributed by atoms with Crippen LogP contribution in [0.2, 0.25) is 5.02 Å². The van der Waals surface area contributed by atoms with Crippen LogP contribution in [0.1, 0.15) is 44.9 Å². The number of hydrogen-bond acceptors (Lipinski definition) is 3. The molecule has 1 saturated heterocycles. The van der Waals surface area contributed by atoms with Gasteiger partial charge < -0.3 is 14.5 Å². The average Bonchev–Trinajstić information content (AvgIpc) is 2.72. The van der Waals surface area contributed by atoms with Crippen LogP contribution in [0.25, 0.3) is 0 Å². The fraction of sp³-hybridized carbons (Fsp3) is 0.619. The summed E-state index contributed by atoms with van der Waals surface area (Å²) in [7, 11) is 0. The van der Waals surface area contributed by atoms with Crippen LogP contribution in [0.3, 0.4) is 0 Å². The van der Waals surface area contributed by atoms with Crippen LogP contribution in [-0.2, 0) is 9.59 Å². The first-order valence-electron chi connectivity index (χ1n) is 10.1. The summed E-state index contributed by atoms with van der Waals surface area (Å²) in [6, 6.07) is 6.97. The van der Waals surface area contributed by atoms with Gasteiger partial charge in [0, 0.05) is 37.6 Å². The second-order valence-corrected chi connectivity index (χ2v) is 7.98. The predicted molar refractivity (Wildman–Crippen MR) is 106 cm³/mol. The molecule has 0 N–H and O–H groups in total. The van der Waals surface area contributed by atoms with Gasteiger partial charge in [-0.2, -0.15) is 0 Å². The van der Waals surface area contributed by atoms with E-state index in [4.69, 9.17) is 16.3 Å². The van der Waals surface area contributed by atoms with E-state index in [0.717, 1.165) is 12.3 Å². The summed E-state index contributed by atoms with van der Waals surface area (Å²) in [5.41, 5.74) is 0. The van der Waals surface area contributed by atoms with E-state index in [1.165, 1.54) is 32.1 Å². The molecule has 1 aromatic carbocycles. The summed E-state index contributed by atoms with van der Waals surface area (Å²) in [5, 5.41) is 0.637. The van der Waals surface area contributed by atoms with Crippen molar-refractivity contribution in [2.45, 2.75) is 44.9 Å². The van der Waals surface area contributed by atoms with Crippen molar-refractivity contribution in [2.24, 2.45) is 5.92 Å². The van der Waals surface area contributed by atoms with Crippen LogP contribution in [0, 0.1) is 5.92 Å². The van der Waals surface area contributed by atoms with E-state index in [-0.39, 0.29) is 18.4 Å². The molecule has 5 nitrogen and oxygen atoms in total. The largest absolute Gasteiger partial charge is 0.484 e. The minimum Gasteiger partial charge on any atom is -0.484 e. The number of carbonyl (C=O) groups is 2. The third-order valence-corrected chi connectivity index (χ3v) is 5.90. The van der Waals surface area contributed by atoms with Gasteiger partial charge in [-0.15, -0.1) is 0 Å². The van der Waals surface area contributed by atoms with Crippen molar-refractivity contribution in [3.8, 4) is 5.75 Å². The number of halogens is 1. The summed E-state index contributed by atoms with van der Waals surface area (Å²) in [6.45, 7) is 2.42. The third-order valence-electron chi connectivity index (χ3n) is 5.65. The molecule has 2 amide bonds. The predicted octanol–water partition coefficient (Wildman–Crippen LogP) is 3.75. The fourth-order valence-corrected chi connectivity index (χ4v) is 4.06. The van der Waals surface area contributed by atoms with Gasteiger partial charge in [0.2, 0.25) is 5.91 Å². The molecule has 27 heavy (non-hydrogen) atoms. The minimum atomic E-state index is -0.0424. The first-order chi connectivity index (χ1) is 13.1. The van der Waals surface area contributed by atoms with Gasteiger partial charge in [0.25, 0.3) is 5.91 Å². The van der Waals surface area contributed by atoms with Crippen LogP contribution < -0.4 is 4.74 Å². The van der Waals surface area contributed by atoms with Crippen molar-refractivity contribution in [3.05, 3.63) is 29.3 Å². The van der Waals surface area contributed by atoms with Gasteiger partial charge in [-0.1, -0.05) is 43.7 Å².